The lowest BCUT2D eigenvalue weighted by atomic mass is 9.96. The van der Waals surface area contributed by atoms with E-state index in [0.717, 1.165) is 30.7 Å². The van der Waals surface area contributed by atoms with Gasteiger partial charge >= 0.3 is 0 Å². The fraction of sp³-hybridized carbons (Fsp3) is 0.600. The van der Waals surface area contributed by atoms with Gasteiger partial charge < -0.3 is 10.1 Å². The van der Waals surface area contributed by atoms with Crippen molar-refractivity contribution in [3.8, 4) is 0 Å². The first-order valence-electron chi connectivity index (χ1n) is 6.70. The standard InChI is InChI=1S/C15H24BrNO/c1-4-18-10-9-14(11-17-12(2)3)13-5-7-15(16)8-6-13/h5-8,12,14,17H,4,9-11H2,1-3H3. The lowest BCUT2D eigenvalue weighted by Gasteiger charge is -2.20. The molecule has 0 saturated carbocycles. The van der Waals surface area contributed by atoms with Crippen LogP contribution >= 0.6 is 15.9 Å². The zero-order valence-corrected chi connectivity index (χ0v) is 13.2. The first kappa shape index (κ1) is 15.7. The normalized spacial score (nSPS) is 12.9. The Morgan fingerprint density at radius 3 is 2.44 bits per heavy atom. The van der Waals surface area contributed by atoms with E-state index in [2.05, 4.69) is 59.4 Å². The van der Waals surface area contributed by atoms with Gasteiger partial charge in [-0.2, -0.15) is 0 Å². The van der Waals surface area contributed by atoms with Crippen LogP contribution in [0, 0.1) is 0 Å². The van der Waals surface area contributed by atoms with Crippen LogP contribution in [-0.2, 0) is 4.74 Å². The Morgan fingerprint density at radius 2 is 1.89 bits per heavy atom. The third-order valence-corrected chi connectivity index (χ3v) is 3.46. The highest BCUT2D eigenvalue weighted by Crippen LogP contribution is 2.21. The summed E-state index contributed by atoms with van der Waals surface area (Å²) in [7, 11) is 0. The van der Waals surface area contributed by atoms with Gasteiger partial charge in [0.25, 0.3) is 0 Å². The fourth-order valence-electron chi connectivity index (χ4n) is 1.87. The molecule has 0 saturated heterocycles. The lowest BCUT2D eigenvalue weighted by molar-refractivity contribution is 0.139. The number of ether oxygens (including phenoxy) is 1. The lowest BCUT2D eigenvalue weighted by Crippen LogP contribution is -2.28. The highest BCUT2D eigenvalue weighted by molar-refractivity contribution is 9.10. The summed E-state index contributed by atoms with van der Waals surface area (Å²) < 4.78 is 6.61. The number of nitrogens with one attached hydrogen (secondary N) is 1. The van der Waals surface area contributed by atoms with Crippen LogP contribution in [0.15, 0.2) is 28.7 Å². The van der Waals surface area contributed by atoms with Crippen molar-refractivity contribution in [2.75, 3.05) is 19.8 Å². The second-order valence-corrected chi connectivity index (χ2v) is 5.71. The first-order valence-corrected chi connectivity index (χ1v) is 7.49. The van der Waals surface area contributed by atoms with Gasteiger partial charge in [0.1, 0.15) is 0 Å². The van der Waals surface area contributed by atoms with Crippen molar-refractivity contribution < 1.29 is 4.74 Å². The summed E-state index contributed by atoms with van der Waals surface area (Å²) in [6, 6.07) is 9.14. The topological polar surface area (TPSA) is 21.3 Å². The Balaban J connectivity index is 2.60. The Labute approximate surface area is 119 Å². The van der Waals surface area contributed by atoms with E-state index in [1.54, 1.807) is 0 Å². The highest BCUT2D eigenvalue weighted by atomic mass is 79.9. The molecule has 0 aliphatic carbocycles. The van der Waals surface area contributed by atoms with E-state index in [9.17, 15) is 0 Å². The molecule has 0 spiro atoms. The van der Waals surface area contributed by atoms with Gasteiger partial charge in [-0.1, -0.05) is 41.9 Å². The summed E-state index contributed by atoms with van der Waals surface area (Å²) in [5, 5.41) is 3.52. The maximum Gasteiger partial charge on any atom is 0.0472 e. The van der Waals surface area contributed by atoms with Crippen molar-refractivity contribution in [2.45, 2.75) is 39.2 Å². The van der Waals surface area contributed by atoms with Crippen LogP contribution in [0.2, 0.25) is 0 Å². The number of rotatable bonds is 8. The molecule has 0 aromatic heterocycles. The average molecular weight is 314 g/mol. The molecule has 0 heterocycles. The quantitative estimate of drug-likeness (QED) is 0.734. The van der Waals surface area contributed by atoms with Crippen LogP contribution in [-0.4, -0.2) is 25.8 Å². The van der Waals surface area contributed by atoms with E-state index in [1.165, 1.54) is 5.56 Å². The zero-order chi connectivity index (χ0) is 13.4. The summed E-state index contributed by atoms with van der Waals surface area (Å²) >= 11 is 3.48. The van der Waals surface area contributed by atoms with Gasteiger partial charge in [0.2, 0.25) is 0 Å². The van der Waals surface area contributed by atoms with Crippen LogP contribution in [0.4, 0.5) is 0 Å². The van der Waals surface area contributed by atoms with E-state index < -0.39 is 0 Å². The molecular formula is C15H24BrNO. The fourth-order valence-corrected chi connectivity index (χ4v) is 2.13. The molecule has 1 aromatic rings. The number of benzene rings is 1. The third kappa shape index (κ3) is 5.98. The molecule has 0 bridgehead atoms. The van der Waals surface area contributed by atoms with E-state index in [0.29, 0.717) is 12.0 Å². The molecule has 3 heteroatoms. The van der Waals surface area contributed by atoms with Crippen molar-refractivity contribution in [1.29, 1.82) is 0 Å². The van der Waals surface area contributed by atoms with Crippen molar-refractivity contribution in [3.05, 3.63) is 34.3 Å². The van der Waals surface area contributed by atoms with Crippen LogP contribution < -0.4 is 5.32 Å². The predicted molar refractivity (Wildman–Crippen MR) is 81.1 cm³/mol. The van der Waals surface area contributed by atoms with Crippen LogP contribution in [0.1, 0.15) is 38.7 Å². The molecule has 2 nitrogen and oxygen atoms in total. The minimum absolute atomic E-state index is 0.520. The molecule has 0 aliphatic heterocycles. The Morgan fingerprint density at radius 1 is 1.22 bits per heavy atom. The van der Waals surface area contributed by atoms with Crippen LogP contribution in [0.25, 0.3) is 0 Å². The molecule has 1 aromatic carbocycles. The van der Waals surface area contributed by atoms with Gasteiger partial charge in [0, 0.05) is 30.3 Å². The number of hydrogen-bond donors (Lipinski definition) is 1. The summed E-state index contributed by atoms with van der Waals surface area (Å²) in [6.45, 7) is 9.04. The summed E-state index contributed by atoms with van der Waals surface area (Å²) in [5.74, 6) is 0.520. The number of halogens is 1. The summed E-state index contributed by atoms with van der Waals surface area (Å²) in [6.07, 6.45) is 1.06. The highest BCUT2D eigenvalue weighted by Gasteiger charge is 2.11. The summed E-state index contributed by atoms with van der Waals surface area (Å²) in [4.78, 5) is 0. The predicted octanol–water partition coefficient (Wildman–Crippen LogP) is 3.96. The summed E-state index contributed by atoms with van der Waals surface area (Å²) in [5.41, 5.74) is 1.38. The van der Waals surface area contributed by atoms with E-state index in [1.807, 2.05) is 6.92 Å². The zero-order valence-electron chi connectivity index (χ0n) is 11.6. The van der Waals surface area contributed by atoms with Gasteiger partial charge in [-0.15, -0.1) is 0 Å². The van der Waals surface area contributed by atoms with E-state index >= 15 is 0 Å². The monoisotopic (exact) mass is 313 g/mol. The maximum absolute atomic E-state index is 5.48. The third-order valence-electron chi connectivity index (χ3n) is 2.93. The van der Waals surface area contributed by atoms with Gasteiger partial charge in [-0.25, -0.2) is 0 Å². The number of hydrogen-bond acceptors (Lipinski definition) is 2. The van der Waals surface area contributed by atoms with Crippen molar-refractivity contribution in [1.82, 2.24) is 5.32 Å². The van der Waals surface area contributed by atoms with Crippen molar-refractivity contribution in [3.63, 3.8) is 0 Å². The van der Waals surface area contributed by atoms with Gasteiger partial charge in [0.15, 0.2) is 0 Å². The van der Waals surface area contributed by atoms with Crippen LogP contribution in [0.3, 0.4) is 0 Å². The van der Waals surface area contributed by atoms with Gasteiger partial charge in [-0.05, 0) is 37.0 Å². The molecule has 102 valence electrons. The van der Waals surface area contributed by atoms with Gasteiger partial charge in [-0.3, -0.25) is 0 Å². The Kier molecular flexibility index (Phi) is 7.56. The van der Waals surface area contributed by atoms with Crippen molar-refractivity contribution >= 4 is 15.9 Å². The largest absolute Gasteiger partial charge is 0.382 e. The maximum atomic E-state index is 5.48. The average Bonchev–Trinajstić information content (AvgIpc) is 2.34. The van der Waals surface area contributed by atoms with Crippen LogP contribution in [0.5, 0.6) is 0 Å². The molecule has 1 atom stereocenters. The molecule has 0 fully saturated rings. The minimum Gasteiger partial charge on any atom is -0.382 e. The molecule has 0 amide bonds. The van der Waals surface area contributed by atoms with Gasteiger partial charge in [0.05, 0.1) is 0 Å². The molecule has 1 N–H and O–H groups in total. The molecule has 1 rings (SSSR count). The first-order chi connectivity index (χ1) is 8.63. The SMILES string of the molecule is CCOCCC(CNC(C)C)c1ccc(Br)cc1. The molecule has 0 radical (unpaired) electrons. The molecular weight excluding hydrogens is 290 g/mol. The molecule has 18 heavy (non-hydrogen) atoms. The van der Waals surface area contributed by atoms with E-state index in [4.69, 9.17) is 4.74 Å². The van der Waals surface area contributed by atoms with E-state index in [-0.39, 0.29) is 0 Å². The smallest absolute Gasteiger partial charge is 0.0472 e. The molecule has 1 unspecified atom stereocenters. The molecule has 0 aliphatic rings. The second kappa shape index (κ2) is 8.68. The Hall–Kier alpha value is -0.380. The Bertz CT molecular complexity index is 324. The van der Waals surface area contributed by atoms with Crippen molar-refractivity contribution in [2.24, 2.45) is 0 Å². The second-order valence-electron chi connectivity index (χ2n) is 4.80. The minimum atomic E-state index is 0.520.